The Bertz CT molecular complexity index is 1310. The van der Waals surface area contributed by atoms with E-state index in [9.17, 15) is 4.79 Å². The highest BCUT2D eigenvalue weighted by Gasteiger charge is 2.22. The Hall–Kier alpha value is -3.51. The number of hydrogen-bond acceptors (Lipinski definition) is 6. The molecule has 0 fully saturated rings. The molecule has 6 heteroatoms. The van der Waals surface area contributed by atoms with E-state index in [1.54, 1.807) is 14.0 Å². The maximum atomic E-state index is 11.4. The fraction of sp³-hybridized carbons (Fsp3) is 0.192. The summed E-state index contributed by atoms with van der Waals surface area (Å²) in [6.07, 6.45) is 4.29. The van der Waals surface area contributed by atoms with Crippen LogP contribution in [0.3, 0.4) is 0 Å². The average Bonchev–Trinajstić information content (AvgIpc) is 3.24. The fourth-order valence-electron chi connectivity index (χ4n) is 4.04. The Labute approximate surface area is 191 Å². The first-order chi connectivity index (χ1) is 15.6. The van der Waals surface area contributed by atoms with E-state index in [0.717, 1.165) is 41.1 Å². The van der Waals surface area contributed by atoms with Crippen LogP contribution in [-0.4, -0.2) is 22.9 Å². The molecule has 5 rings (SSSR count). The summed E-state index contributed by atoms with van der Waals surface area (Å²) in [5.74, 6) is 1.56. The first-order valence-electron chi connectivity index (χ1n) is 10.6. The van der Waals surface area contributed by atoms with E-state index in [1.165, 1.54) is 20.9 Å². The monoisotopic (exact) mass is 441 g/mol. The number of thiophene rings is 1. The topological polar surface area (TPSA) is 64.1 Å². The third-order valence-corrected chi connectivity index (χ3v) is 6.78. The van der Waals surface area contributed by atoms with E-state index < -0.39 is 0 Å². The summed E-state index contributed by atoms with van der Waals surface area (Å²) in [5.41, 5.74) is 6.35. The van der Waals surface area contributed by atoms with Gasteiger partial charge in [-0.3, -0.25) is 4.79 Å². The molecular formula is C26H23N3O2S. The molecule has 0 spiro atoms. The van der Waals surface area contributed by atoms with Crippen molar-refractivity contribution in [1.29, 1.82) is 0 Å². The Balaban J connectivity index is 1.46. The van der Waals surface area contributed by atoms with Crippen molar-refractivity contribution in [2.24, 2.45) is 0 Å². The van der Waals surface area contributed by atoms with Gasteiger partial charge in [0.05, 0.1) is 12.8 Å². The number of aromatic nitrogens is 2. The average molecular weight is 442 g/mol. The molecule has 0 saturated heterocycles. The molecule has 0 bridgehead atoms. The first-order valence-corrected chi connectivity index (χ1v) is 11.4. The maximum absolute atomic E-state index is 11.4. The standard InChI is InChI=1S/C26H23N3O2S/c1-16(30)11-17-5-3-7-20(12-17)28-26-27-15-19-9-10-23-22(25(19)29-26)14-24(32-23)18-6-4-8-21(13-18)31-2/h3-8,12-15H,9-11H2,1-2H3,(H,27,28,29). The van der Waals surface area contributed by atoms with Crippen LogP contribution in [0.15, 0.2) is 60.8 Å². The molecule has 0 atom stereocenters. The second kappa shape index (κ2) is 8.55. The molecule has 1 aliphatic carbocycles. The fourth-order valence-corrected chi connectivity index (χ4v) is 5.20. The molecular weight excluding hydrogens is 418 g/mol. The number of aryl methyl sites for hydroxylation is 2. The number of methoxy groups -OCH3 is 1. The normalized spacial score (nSPS) is 12.1. The molecule has 1 N–H and O–H groups in total. The van der Waals surface area contributed by atoms with Crippen molar-refractivity contribution in [3.8, 4) is 27.4 Å². The van der Waals surface area contributed by atoms with Crippen molar-refractivity contribution in [3.05, 3.63) is 76.8 Å². The summed E-state index contributed by atoms with van der Waals surface area (Å²) in [4.78, 5) is 23.4. The van der Waals surface area contributed by atoms with Crippen LogP contribution in [0.5, 0.6) is 5.75 Å². The number of nitrogens with one attached hydrogen (secondary N) is 1. The van der Waals surface area contributed by atoms with Gasteiger partial charge in [-0.2, -0.15) is 0 Å². The van der Waals surface area contributed by atoms with Crippen LogP contribution >= 0.6 is 11.3 Å². The van der Waals surface area contributed by atoms with Gasteiger partial charge in [0.25, 0.3) is 0 Å². The Morgan fingerprint density at radius 3 is 2.84 bits per heavy atom. The van der Waals surface area contributed by atoms with Crippen molar-refractivity contribution >= 4 is 28.8 Å². The minimum absolute atomic E-state index is 0.143. The zero-order valence-corrected chi connectivity index (χ0v) is 18.8. The Kier molecular flexibility index (Phi) is 5.45. The summed E-state index contributed by atoms with van der Waals surface area (Å²) in [6, 6.07) is 18.2. The number of fused-ring (bicyclic) bond motifs is 3. The van der Waals surface area contributed by atoms with Crippen LogP contribution in [0.2, 0.25) is 0 Å². The van der Waals surface area contributed by atoms with Crippen molar-refractivity contribution in [2.45, 2.75) is 26.2 Å². The highest BCUT2D eigenvalue weighted by molar-refractivity contribution is 7.16. The van der Waals surface area contributed by atoms with E-state index in [0.29, 0.717) is 12.4 Å². The zero-order chi connectivity index (χ0) is 22.1. The van der Waals surface area contributed by atoms with Gasteiger partial charge in [-0.1, -0.05) is 24.3 Å². The predicted octanol–water partition coefficient (Wildman–Crippen LogP) is 5.85. The van der Waals surface area contributed by atoms with Gasteiger partial charge in [0.15, 0.2) is 0 Å². The van der Waals surface area contributed by atoms with Gasteiger partial charge < -0.3 is 10.1 Å². The van der Waals surface area contributed by atoms with E-state index in [-0.39, 0.29) is 5.78 Å². The van der Waals surface area contributed by atoms with Crippen molar-refractivity contribution in [2.75, 3.05) is 12.4 Å². The lowest BCUT2D eigenvalue weighted by atomic mass is 9.96. The number of Topliss-reactive ketones (excluding diaryl/α,β-unsaturated/α-hetero) is 1. The van der Waals surface area contributed by atoms with Gasteiger partial charge in [-0.25, -0.2) is 9.97 Å². The molecule has 0 aliphatic heterocycles. The van der Waals surface area contributed by atoms with E-state index >= 15 is 0 Å². The summed E-state index contributed by atoms with van der Waals surface area (Å²) in [6.45, 7) is 1.60. The van der Waals surface area contributed by atoms with Crippen LogP contribution in [0.25, 0.3) is 21.7 Å². The third kappa shape index (κ3) is 4.14. The van der Waals surface area contributed by atoms with Crippen LogP contribution in [-0.2, 0) is 24.1 Å². The maximum Gasteiger partial charge on any atom is 0.227 e. The highest BCUT2D eigenvalue weighted by Crippen LogP contribution is 2.42. The number of anilines is 2. The molecule has 0 amide bonds. The smallest absolute Gasteiger partial charge is 0.227 e. The largest absolute Gasteiger partial charge is 0.497 e. The van der Waals surface area contributed by atoms with Gasteiger partial charge in [0.2, 0.25) is 5.95 Å². The summed E-state index contributed by atoms with van der Waals surface area (Å²) in [5, 5.41) is 3.31. The lowest BCUT2D eigenvalue weighted by molar-refractivity contribution is -0.116. The number of carbonyl (C=O) groups is 1. The number of ketones is 1. The van der Waals surface area contributed by atoms with E-state index in [2.05, 4.69) is 28.5 Å². The van der Waals surface area contributed by atoms with Gasteiger partial charge >= 0.3 is 0 Å². The molecule has 5 nitrogen and oxygen atoms in total. The van der Waals surface area contributed by atoms with Gasteiger partial charge in [-0.05, 0) is 66.8 Å². The van der Waals surface area contributed by atoms with Crippen molar-refractivity contribution < 1.29 is 9.53 Å². The molecule has 32 heavy (non-hydrogen) atoms. The second-order valence-electron chi connectivity index (χ2n) is 7.95. The molecule has 2 aromatic carbocycles. The van der Waals surface area contributed by atoms with Gasteiger partial charge in [-0.15, -0.1) is 11.3 Å². The predicted molar refractivity (Wildman–Crippen MR) is 129 cm³/mol. The number of nitrogens with zero attached hydrogens (tertiary/aromatic N) is 2. The lowest BCUT2D eigenvalue weighted by Crippen LogP contribution is -2.07. The minimum Gasteiger partial charge on any atom is -0.497 e. The van der Waals surface area contributed by atoms with Crippen LogP contribution in [0, 0.1) is 0 Å². The molecule has 0 radical (unpaired) electrons. The van der Waals surface area contributed by atoms with E-state index in [1.807, 2.05) is 53.9 Å². The highest BCUT2D eigenvalue weighted by atomic mass is 32.1. The molecule has 0 unspecified atom stereocenters. The lowest BCUT2D eigenvalue weighted by Gasteiger charge is -2.16. The molecule has 1 aliphatic rings. The number of hydrogen-bond donors (Lipinski definition) is 1. The second-order valence-corrected chi connectivity index (χ2v) is 9.09. The van der Waals surface area contributed by atoms with Crippen LogP contribution < -0.4 is 10.1 Å². The Morgan fingerprint density at radius 1 is 1.12 bits per heavy atom. The molecule has 2 heterocycles. The summed E-state index contributed by atoms with van der Waals surface area (Å²) < 4.78 is 5.39. The molecule has 2 aromatic heterocycles. The SMILES string of the molecule is COc1cccc(-c2cc3c(s2)CCc2cnc(Nc4cccc(CC(C)=O)c4)nc2-3)c1. The van der Waals surface area contributed by atoms with Crippen LogP contribution in [0.4, 0.5) is 11.6 Å². The summed E-state index contributed by atoms with van der Waals surface area (Å²) >= 11 is 1.82. The van der Waals surface area contributed by atoms with Crippen LogP contribution in [0.1, 0.15) is 22.9 Å². The number of benzene rings is 2. The quantitative estimate of drug-likeness (QED) is 0.406. The minimum atomic E-state index is 0.143. The molecule has 0 saturated carbocycles. The third-order valence-electron chi connectivity index (χ3n) is 5.54. The number of carbonyl (C=O) groups excluding carboxylic acids is 1. The summed E-state index contributed by atoms with van der Waals surface area (Å²) in [7, 11) is 1.69. The number of ether oxygens (including phenoxy) is 1. The molecule has 4 aromatic rings. The van der Waals surface area contributed by atoms with Crippen molar-refractivity contribution in [3.63, 3.8) is 0 Å². The van der Waals surface area contributed by atoms with Gasteiger partial charge in [0.1, 0.15) is 11.5 Å². The zero-order valence-electron chi connectivity index (χ0n) is 18.0. The van der Waals surface area contributed by atoms with E-state index in [4.69, 9.17) is 9.72 Å². The Morgan fingerprint density at radius 2 is 2.00 bits per heavy atom. The van der Waals surface area contributed by atoms with Crippen molar-refractivity contribution in [1.82, 2.24) is 9.97 Å². The van der Waals surface area contributed by atoms with Gasteiger partial charge in [0, 0.05) is 33.6 Å². The number of rotatable bonds is 6. The molecule has 160 valence electrons. The first kappa shape index (κ1) is 20.4.